The maximum absolute atomic E-state index is 12.3. The number of benzene rings is 1. The molecular weight excluding hydrogens is 337 g/mol. The average Bonchev–Trinajstić information content (AvgIpc) is 2.38. The van der Waals surface area contributed by atoms with E-state index in [2.05, 4.69) is 31.0 Å². The molecule has 0 bridgehead atoms. The van der Waals surface area contributed by atoms with Crippen LogP contribution in [0, 0.1) is 0 Å². The monoisotopic (exact) mass is 346 g/mol. The van der Waals surface area contributed by atoms with Crippen LogP contribution in [0.3, 0.4) is 0 Å². The van der Waals surface area contributed by atoms with Crippen molar-refractivity contribution in [2.24, 2.45) is 0 Å². The molecule has 0 aliphatic carbocycles. The van der Waals surface area contributed by atoms with Crippen LogP contribution in [-0.4, -0.2) is 11.3 Å². The van der Waals surface area contributed by atoms with Crippen molar-refractivity contribution in [1.29, 1.82) is 0 Å². The van der Waals surface area contributed by atoms with Crippen molar-refractivity contribution in [3.8, 4) is 5.75 Å². The number of nitrogens with one attached hydrogen (secondary N) is 1. The molecule has 0 aliphatic heterocycles. The van der Waals surface area contributed by atoms with Gasteiger partial charge in [0, 0.05) is 12.1 Å². The molecule has 0 radical (unpaired) electrons. The molecule has 20 heavy (non-hydrogen) atoms. The van der Waals surface area contributed by atoms with Crippen LogP contribution >= 0.6 is 15.9 Å². The molecule has 0 saturated heterocycles. The van der Waals surface area contributed by atoms with Crippen molar-refractivity contribution in [3.05, 3.63) is 52.8 Å². The van der Waals surface area contributed by atoms with E-state index in [4.69, 9.17) is 0 Å². The molecule has 0 aliphatic rings. The molecule has 7 heteroatoms. The van der Waals surface area contributed by atoms with Gasteiger partial charge in [0.05, 0.1) is 11.9 Å². The maximum atomic E-state index is 12.3. The second-order valence-corrected chi connectivity index (χ2v) is 4.69. The highest BCUT2D eigenvalue weighted by Gasteiger charge is 2.31. The number of hydrogen-bond donors (Lipinski definition) is 1. The van der Waals surface area contributed by atoms with E-state index in [1.165, 1.54) is 12.1 Å². The summed E-state index contributed by atoms with van der Waals surface area (Å²) in [6, 6.07) is 9.50. The number of ether oxygens (including phenoxy) is 1. The van der Waals surface area contributed by atoms with Gasteiger partial charge in [-0.1, -0.05) is 18.2 Å². The Kier molecular flexibility index (Phi) is 4.49. The number of alkyl halides is 3. The fourth-order valence-electron chi connectivity index (χ4n) is 1.55. The summed E-state index contributed by atoms with van der Waals surface area (Å²) in [5, 5.41) is 2.98. The third kappa shape index (κ3) is 4.41. The van der Waals surface area contributed by atoms with E-state index in [0.717, 1.165) is 0 Å². The molecular formula is C13H10BrF3N2O. The van der Waals surface area contributed by atoms with Gasteiger partial charge in [-0.2, -0.15) is 0 Å². The van der Waals surface area contributed by atoms with Gasteiger partial charge in [0.2, 0.25) is 0 Å². The fourth-order valence-corrected chi connectivity index (χ4v) is 1.79. The zero-order valence-corrected chi connectivity index (χ0v) is 11.7. The van der Waals surface area contributed by atoms with Crippen molar-refractivity contribution < 1.29 is 17.9 Å². The van der Waals surface area contributed by atoms with Crippen LogP contribution in [-0.2, 0) is 6.54 Å². The predicted octanol–water partition coefficient (Wildman–Crippen LogP) is 4.35. The zero-order chi connectivity index (χ0) is 14.6. The van der Waals surface area contributed by atoms with Gasteiger partial charge < -0.3 is 10.1 Å². The number of nitrogens with zero attached hydrogens (tertiary/aromatic N) is 1. The topological polar surface area (TPSA) is 34.1 Å². The van der Waals surface area contributed by atoms with E-state index in [9.17, 15) is 13.2 Å². The predicted molar refractivity (Wildman–Crippen MR) is 72.4 cm³/mol. The van der Waals surface area contributed by atoms with Gasteiger partial charge in [-0.05, 0) is 34.1 Å². The van der Waals surface area contributed by atoms with Crippen LogP contribution < -0.4 is 10.1 Å². The summed E-state index contributed by atoms with van der Waals surface area (Å²) in [7, 11) is 0. The van der Waals surface area contributed by atoms with Crippen molar-refractivity contribution in [2.75, 3.05) is 5.32 Å². The molecule has 0 amide bonds. The summed E-state index contributed by atoms with van der Waals surface area (Å²) >= 11 is 3.20. The van der Waals surface area contributed by atoms with Crippen LogP contribution in [0.15, 0.2) is 47.2 Å². The lowest BCUT2D eigenvalue weighted by atomic mass is 10.2. The highest BCUT2D eigenvalue weighted by atomic mass is 79.9. The smallest absolute Gasteiger partial charge is 0.405 e. The van der Waals surface area contributed by atoms with Crippen molar-refractivity contribution >= 4 is 21.6 Å². The van der Waals surface area contributed by atoms with Gasteiger partial charge in [-0.25, -0.2) is 4.98 Å². The molecule has 0 saturated carbocycles. The van der Waals surface area contributed by atoms with Gasteiger partial charge >= 0.3 is 6.36 Å². The summed E-state index contributed by atoms with van der Waals surface area (Å²) in [5.74, 6) is -0.211. The standard InChI is InChI=1S/C13H10BrF3N2O/c14-12-6-5-10(8-19-12)18-7-9-3-1-2-4-11(9)20-13(15,16)17/h1-6,8,18H,7H2. The lowest BCUT2D eigenvalue weighted by Gasteiger charge is -2.14. The first-order valence-electron chi connectivity index (χ1n) is 5.63. The van der Waals surface area contributed by atoms with Crippen LogP contribution in [0.1, 0.15) is 5.56 Å². The van der Waals surface area contributed by atoms with E-state index in [1.807, 2.05) is 0 Å². The Morgan fingerprint density at radius 3 is 2.55 bits per heavy atom. The van der Waals surface area contributed by atoms with Gasteiger partial charge in [-0.15, -0.1) is 13.2 Å². The van der Waals surface area contributed by atoms with Gasteiger partial charge in [-0.3, -0.25) is 0 Å². The molecule has 106 valence electrons. The van der Waals surface area contributed by atoms with Crippen molar-refractivity contribution in [3.63, 3.8) is 0 Å². The van der Waals surface area contributed by atoms with Crippen LogP contribution in [0.4, 0.5) is 18.9 Å². The average molecular weight is 347 g/mol. The third-order valence-corrected chi connectivity index (χ3v) is 2.88. The Balaban J connectivity index is 2.07. The molecule has 0 unspecified atom stereocenters. The lowest BCUT2D eigenvalue weighted by Crippen LogP contribution is -2.18. The summed E-state index contributed by atoms with van der Waals surface area (Å²) in [6.07, 6.45) is -3.12. The Morgan fingerprint density at radius 1 is 1.15 bits per heavy atom. The number of anilines is 1. The number of rotatable bonds is 4. The Labute approximate surface area is 121 Å². The van der Waals surface area contributed by atoms with E-state index in [1.54, 1.807) is 30.5 Å². The molecule has 1 N–H and O–H groups in total. The fraction of sp³-hybridized carbons (Fsp3) is 0.154. The molecule has 1 aromatic heterocycles. The van der Waals surface area contributed by atoms with Crippen molar-refractivity contribution in [1.82, 2.24) is 4.98 Å². The molecule has 0 fully saturated rings. The molecule has 3 nitrogen and oxygen atoms in total. The molecule has 0 spiro atoms. The first-order valence-corrected chi connectivity index (χ1v) is 6.42. The quantitative estimate of drug-likeness (QED) is 0.835. The third-order valence-electron chi connectivity index (χ3n) is 2.41. The minimum Gasteiger partial charge on any atom is -0.405 e. The highest BCUT2D eigenvalue weighted by Crippen LogP contribution is 2.26. The van der Waals surface area contributed by atoms with E-state index in [-0.39, 0.29) is 12.3 Å². The number of para-hydroxylation sites is 1. The molecule has 2 aromatic rings. The molecule has 2 rings (SSSR count). The van der Waals surface area contributed by atoms with Crippen molar-refractivity contribution in [2.45, 2.75) is 12.9 Å². The van der Waals surface area contributed by atoms with Crippen LogP contribution in [0.2, 0.25) is 0 Å². The first kappa shape index (κ1) is 14.6. The minimum absolute atomic E-state index is 0.204. The second kappa shape index (κ2) is 6.13. The molecule has 1 heterocycles. The SMILES string of the molecule is FC(F)(F)Oc1ccccc1CNc1ccc(Br)nc1. The number of hydrogen-bond acceptors (Lipinski definition) is 3. The minimum atomic E-state index is -4.70. The maximum Gasteiger partial charge on any atom is 0.573 e. The van der Waals surface area contributed by atoms with Gasteiger partial charge in [0.15, 0.2) is 0 Å². The van der Waals surface area contributed by atoms with E-state index < -0.39 is 6.36 Å². The number of aromatic nitrogens is 1. The Hall–Kier alpha value is -1.76. The summed E-state index contributed by atoms with van der Waals surface area (Å²) < 4.78 is 41.5. The Morgan fingerprint density at radius 2 is 1.90 bits per heavy atom. The first-order chi connectivity index (χ1) is 9.44. The highest BCUT2D eigenvalue weighted by molar-refractivity contribution is 9.10. The molecule has 0 atom stereocenters. The summed E-state index contributed by atoms with van der Waals surface area (Å²) in [6.45, 7) is 0.204. The molecule has 1 aromatic carbocycles. The number of pyridine rings is 1. The van der Waals surface area contributed by atoms with E-state index >= 15 is 0 Å². The lowest BCUT2D eigenvalue weighted by molar-refractivity contribution is -0.274. The van der Waals surface area contributed by atoms with Gasteiger partial charge in [0.25, 0.3) is 0 Å². The van der Waals surface area contributed by atoms with Crippen LogP contribution in [0.5, 0.6) is 5.75 Å². The largest absolute Gasteiger partial charge is 0.573 e. The number of halogens is 4. The van der Waals surface area contributed by atoms with Gasteiger partial charge in [0.1, 0.15) is 10.4 Å². The summed E-state index contributed by atoms with van der Waals surface area (Å²) in [4.78, 5) is 4.02. The second-order valence-electron chi connectivity index (χ2n) is 3.88. The van der Waals surface area contributed by atoms with E-state index in [0.29, 0.717) is 15.9 Å². The zero-order valence-electron chi connectivity index (χ0n) is 10.1. The normalized spacial score (nSPS) is 11.2. The van der Waals surface area contributed by atoms with Crippen LogP contribution in [0.25, 0.3) is 0 Å². The Bertz CT molecular complexity index is 573. The summed E-state index contributed by atoms with van der Waals surface area (Å²) in [5.41, 5.74) is 1.11.